The Labute approximate surface area is 169 Å². The highest BCUT2D eigenvalue weighted by Crippen LogP contribution is 2.38. The standard InChI is InChI=1S/C19H21Cl3N2S/c1-13(24-9-7-23(2)8-10-24)16-11-14(20)4-6-18(16)25-19-12-15(21)3-5-17(19)22/h3-6,11-13H,7-10H2,1-2H3/p+2/t13-/m1/s1. The van der Waals surface area contributed by atoms with E-state index in [4.69, 9.17) is 34.8 Å². The molecule has 1 fully saturated rings. The number of benzene rings is 2. The SMILES string of the molecule is C[C@H](c1cc(Cl)ccc1Sc1cc(Cl)ccc1Cl)[NH+]1CC[NH+](C)CC1. The number of rotatable bonds is 4. The number of piperazine rings is 1. The van der Waals surface area contributed by atoms with Crippen molar-refractivity contribution in [2.75, 3.05) is 33.2 Å². The third-order valence-corrected chi connectivity index (χ3v) is 6.97. The van der Waals surface area contributed by atoms with Gasteiger partial charge in [-0.25, -0.2) is 0 Å². The van der Waals surface area contributed by atoms with E-state index in [1.807, 2.05) is 24.3 Å². The molecular formula is C19H23Cl3N2S+2. The summed E-state index contributed by atoms with van der Waals surface area (Å²) in [5, 5.41) is 2.20. The average Bonchev–Trinajstić information content (AvgIpc) is 2.59. The second-order valence-corrected chi connectivity index (χ2v) is 9.06. The summed E-state index contributed by atoms with van der Waals surface area (Å²) in [6.45, 7) is 7.08. The van der Waals surface area contributed by atoms with Crippen LogP contribution in [0, 0.1) is 0 Å². The summed E-state index contributed by atoms with van der Waals surface area (Å²) in [4.78, 5) is 5.40. The summed E-state index contributed by atoms with van der Waals surface area (Å²) in [6.07, 6.45) is 0. The summed E-state index contributed by atoms with van der Waals surface area (Å²) in [5.74, 6) is 0. The van der Waals surface area contributed by atoms with Crippen LogP contribution in [0.5, 0.6) is 0 Å². The molecule has 0 amide bonds. The van der Waals surface area contributed by atoms with Gasteiger partial charge in [0.25, 0.3) is 0 Å². The molecular weight excluding hydrogens is 395 g/mol. The molecule has 1 aliphatic rings. The number of nitrogens with one attached hydrogen (secondary N) is 2. The maximum absolute atomic E-state index is 6.36. The first-order chi connectivity index (χ1) is 11.9. The molecule has 1 atom stereocenters. The molecule has 0 aromatic heterocycles. The molecule has 1 saturated heterocycles. The fourth-order valence-corrected chi connectivity index (χ4v) is 5.00. The Morgan fingerprint density at radius 1 is 0.880 bits per heavy atom. The van der Waals surface area contributed by atoms with Crippen molar-refractivity contribution in [3.05, 3.63) is 57.0 Å². The monoisotopic (exact) mass is 416 g/mol. The van der Waals surface area contributed by atoms with Crippen molar-refractivity contribution >= 4 is 46.6 Å². The van der Waals surface area contributed by atoms with Gasteiger partial charge in [-0.05, 0) is 43.3 Å². The zero-order chi connectivity index (χ0) is 18.0. The number of hydrogen-bond donors (Lipinski definition) is 2. The maximum Gasteiger partial charge on any atom is 0.127 e. The molecule has 0 unspecified atom stereocenters. The minimum Gasteiger partial charge on any atom is -0.328 e. The van der Waals surface area contributed by atoms with Gasteiger partial charge < -0.3 is 9.80 Å². The highest BCUT2D eigenvalue weighted by Gasteiger charge is 2.28. The van der Waals surface area contributed by atoms with E-state index in [0.29, 0.717) is 11.1 Å². The predicted molar refractivity (Wildman–Crippen MR) is 108 cm³/mol. The van der Waals surface area contributed by atoms with Gasteiger partial charge in [-0.3, -0.25) is 0 Å². The van der Waals surface area contributed by atoms with Crippen molar-refractivity contribution in [3.63, 3.8) is 0 Å². The van der Waals surface area contributed by atoms with Crippen molar-refractivity contribution < 1.29 is 9.80 Å². The van der Waals surface area contributed by atoms with E-state index < -0.39 is 0 Å². The highest BCUT2D eigenvalue weighted by atomic mass is 35.5. The summed E-state index contributed by atoms with van der Waals surface area (Å²) in [6, 6.07) is 12.1. The molecule has 2 aromatic carbocycles. The molecule has 25 heavy (non-hydrogen) atoms. The van der Waals surface area contributed by atoms with Crippen molar-refractivity contribution in [3.8, 4) is 0 Å². The van der Waals surface area contributed by atoms with Crippen LogP contribution in [-0.2, 0) is 0 Å². The largest absolute Gasteiger partial charge is 0.328 e. The molecule has 2 aromatic rings. The number of likely N-dealkylation sites (N-methyl/N-ethyl adjacent to an activating group) is 1. The van der Waals surface area contributed by atoms with Crippen LogP contribution < -0.4 is 9.80 Å². The molecule has 0 spiro atoms. The zero-order valence-corrected chi connectivity index (χ0v) is 17.5. The molecule has 2 nitrogen and oxygen atoms in total. The van der Waals surface area contributed by atoms with Gasteiger partial charge in [-0.2, -0.15) is 0 Å². The lowest BCUT2D eigenvalue weighted by molar-refractivity contribution is -1.02. The van der Waals surface area contributed by atoms with E-state index in [-0.39, 0.29) is 0 Å². The first-order valence-electron chi connectivity index (χ1n) is 8.52. The Balaban J connectivity index is 1.88. The average molecular weight is 418 g/mol. The lowest BCUT2D eigenvalue weighted by atomic mass is 10.1. The highest BCUT2D eigenvalue weighted by molar-refractivity contribution is 7.99. The summed E-state index contributed by atoms with van der Waals surface area (Å²) in [5.41, 5.74) is 1.28. The van der Waals surface area contributed by atoms with Gasteiger partial charge in [0, 0.05) is 25.4 Å². The zero-order valence-electron chi connectivity index (χ0n) is 14.4. The third kappa shape index (κ3) is 4.85. The second-order valence-electron chi connectivity index (χ2n) is 6.70. The Morgan fingerprint density at radius 3 is 2.24 bits per heavy atom. The molecule has 2 N–H and O–H groups in total. The number of quaternary nitrogens is 2. The fraction of sp³-hybridized carbons (Fsp3) is 0.368. The van der Waals surface area contributed by atoms with Crippen LogP contribution in [0.25, 0.3) is 0 Å². The fourth-order valence-electron chi connectivity index (χ4n) is 3.28. The Morgan fingerprint density at radius 2 is 1.52 bits per heavy atom. The Bertz CT molecular complexity index is 745. The second kappa shape index (κ2) is 8.51. The van der Waals surface area contributed by atoms with Gasteiger partial charge in [0.1, 0.15) is 32.2 Å². The molecule has 1 heterocycles. The molecule has 0 saturated carbocycles. The van der Waals surface area contributed by atoms with E-state index in [0.717, 1.165) is 14.9 Å². The van der Waals surface area contributed by atoms with Crippen LogP contribution in [-0.4, -0.2) is 33.2 Å². The summed E-state index contributed by atoms with van der Waals surface area (Å²) < 4.78 is 0. The minimum atomic E-state index is 0.396. The van der Waals surface area contributed by atoms with E-state index >= 15 is 0 Å². The van der Waals surface area contributed by atoms with Gasteiger partial charge in [0.05, 0.1) is 12.1 Å². The first-order valence-corrected chi connectivity index (χ1v) is 10.5. The quantitative estimate of drug-likeness (QED) is 0.776. The van der Waals surface area contributed by atoms with Crippen LogP contribution in [0.3, 0.4) is 0 Å². The Kier molecular flexibility index (Phi) is 6.59. The minimum absolute atomic E-state index is 0.396. The molecule has 134 valence electrons. The summed E-state index contributed by atoms with van der Waals surface area (Å²) >= 11 is 20.5. The van der Waals surface area contributed by atoms with Gasteiger partial charge in [-0.15, -0.1) is 0 Å². The topological polar surface area (TPSA) is 8.88 Å². The van der Waals surface area contributed by atoms with Gasteiger partial charge in [-0.1, -0.05) is 46.6 Å². The van der Waals surface area contributed by atoms with Gasteiger partial charge in [0.15, 0.2) is 0 Å². The molecule has 0 aliphatic carbocycles. The number of hydrogen-bond acceptors (Lipinski definition) is 1. The van der Waals surface area contributed by atoms with E-state index in [1.165, 1.54) is 36.6 Å². The van der Waals surface area contributed by atoms with E-state index in [2.05, 4.69) is 26.1 Å². The van der Waals surface area contributed by atoms with Crippen molar-refractivity contribution in [1.29, 1.82) is 0 Å². The summed E-state index contributed by atoms with van der Waals surface area (Å²) in [7, 11) is 2.27. The van der Waals surface area contributed by atoms with Crippen LogP contribution in [0.15, 0.2) is 46.2 Å². The van der Waals surface area contributed by atoms with Crippen LogP contribution in [0.4, 0.5) is 0 Å². The van der Waals surface area contributed by atoms with Crippen LogP contribution in [0.1, 0.15) is 18.5 Å². The molecule has 6 heteroatoms. The van der Waals surface area contributed by atoms with E-state index in [1.54, 1.807) is 21.6 Å². The Hall–Kier alpha value is -0.420. The number of halogens is 3. The van der Waals surface area contributed by atoms with Crippen LogP contribution in [0.2, 0.25) is 15.1 Å². The lowest BCUT2D eigenvalue weighted by Crippen LogP contribution is -3.26. The van der Waals surface area contributed by atoms with Crippen molar-refractivity contribution in [1.82, 2.24) is 0 Å². The van der Waals surface area contributed by atoms with Gasteiger partial charge >= 0.3 is 0 Å². The molecule has 3 rings (SSSR count). The van der Waals surface area contributed by atoms with E-state index in [9.17, 15) is 0 Å². The first kappa shape index (κ1) is 19.3. The van der Waals surface area contributed by atoms with Crippen molar-refractivity contribution in [2.24, 2.45) is 0 Å². The smallest absolute Gasteiger partial charge is 0.127 e. The molecule has 0 bridgehead atoms. The lowest BCUT2D eigenvalue weighted by Gasteiger charge is -2.32. The van der Waals surface area contributed by atoms with Crippen molar-refractivity contribution in [2.45, 2.75) is 22.8 Å². The van der Waals surface area contributed by atoms with Gasteiger partial charge in [0.2, 0.25) is 0 Å². The normalized spacial score (nSPS) is 22.0. The molecule has 0 radical (unpaired) electrons. The maximum atomic E-state index is 6.36. The predicted octanol–water partition coefficient (Wildman–Crippen LogP) is 3.27. The van der Waals surface area contributed by atoms with Crippen LogP contribution >= 0.6 is 46.6 Å². The molecule has 1 aliphatic heterocycles. The third-order valence-electron chi connectivity index (χ3n) is 4.91.